The Bertz CT molecular complexity index is 480. The molecule has 102 valence electrons. The SMILES string of the molecule is COc1cc(OC)cc(C(=O)C2=CCC(C)CC2)c1. The van der Waals surface area contributed by atoms with Crippen LogP contribution in [0.15, 0.2) is 29.8 Å². The smallest absolute Gasteiger partial charge is 0.188 e. The van der Waals surface area contributed by atoms with E-state index in [9.17, 15) is 4.79 Å². The lowest BCUT2D eigenvalue weighted by Gasteiger charge is -2.17. The van der Waals surface area contributed by atoms with Crippen molar-refractivity contribution in [3.63, 3.8) is 0 Å². The second kappa shape index (κ2) is 5.91. The van der Waals surface area contributed by atoms with Gasteiger partial charge in [0.05, 0.1) is 14.2 Å². The van der Waals surface area contributed by atoms with Crippen molar-refractivity contribution >= 4 is 5.78 Å². The van der Waals surface area contributed by atoms with Crippen molar-refractivity contribution in [3.8, 4) is 11.5 Å². The van der Waals surface area contributed by atoms with E-state index >= 15 is 0 Å². The third-order valence-corrected chi connectivity index (χ3v) is 3.58. The molecule has 3 nitrogen and oxygen atoms in total. The van der Waals surface area contributed by atoms with Crippen molar-refractivity contribution in [2.24, 2.45) is 5.92 Å². The number of carbonyl (C=O) groups is 1. The van der Waals surface area contributed by atoms with Crippen LogP contribution in [0.2, 0.25) is 0 Å². The zero-order valence-electron chi connectivity index (χ0n) is 11.7. The van der Waals surface area contributed by atoms with Gasteiger partial charge in [-0.1, -0.05) is 13.0 Å². The summed E-state index contributed by atoms with van der Waals surface area (Å²) >= 11 is 0. The predicted octanol–water partition coefficient (Wildman–Crippen LogP) is 3.63. The van der Waals surface area contributed by atoms with Crippen LogP contribution in [0.4, 0.5) is 0 Å². The minimum atomic E-state index is 0.0871. The highest BCUT2D eigenvalue weighted by Crippen LogP contribution is 2.28. The lowest BCUT2D eigenvalue weighted by molar-refractivity contribution is 0.102. The van der Waals surface area contributed by atoms with E-state index in [1.54, 1.807) is 32.4 Å². The Hall–Kier alpha value is -1.77. The van der Waals surface area contributed by atoms with Crippen molar-refractivity contribution in [1.29, 1.82) is 0 Å². The van der Waals surface area contributed by atoms with Gasteiger partial charge in [0.25, 0.3) is 0 Å². The van der Waals surface area contributed by atoms with Crippen LogP contribution in [0.25, 0.3) is 0 Å². The van der Waals surface area contributed by atoms with E-state index in [-0.39, 0.29) is 5.78 Å². The molecule has 0 spiro atoms. The maximum Gasteiger partial charge on any atom is 0.188 e. The summed E-state index contributed by atoms with van der Waals surface area (Å²) in [6.45, 7) is 2.21. The fraction of sp³-hybridized carbons (Fsp3) is 0.438. The van der Waals surface area contributed by atoms with Crippen LogP contribution in [-0.2, 0) is 0 Å². The summed E-state index contributed by atoms with van der Waals surface area (Å²) in [5, 5.41) is 0. The van der Waals surface area contributed by atoms with Crippen LogP contribution in [-0.4, -0.2) is 20.0 Å². The van der Waals surface area contributed by atoms with Crippen LogP contribution >= 0.6 is 0 Å². The van der Waals surface area contributed by atoms with Gasteiger partial charge >= 0.3 is 0 Å². The molecular weight excluding hydrogens is 240 g/mol. The number of rotatable bonds is 4. The molecule has 1 aliphatic carbocycles. The quantitative estimate of drug-likeness (QED) is 0.775. The molecule has 0 saturated heterocycles. The average molecular weight is 260 g/mol. The Morgan fingerprint density at radius 3 is 2.26 bits per heavy atom. The molecular formula is C16H20O3. The van der Waals surface area contributed by atoms with E-state index in [1.165, 1.54) is 0 Å². The van der Waals surface area contributed by atoms with Gasteiger partial charge < -0.3 is 9.47 Å². The van der Waals surface area contributed by atoms with Gasteiger partial charge in [0.2, 0.25) is 0 Å². The maximum atomic E-state index is 12.5. The summed E-state index contributed by atoms with van der Waals surface area (Å²) in [6.07, 6.45) is 5.00. The summed E-state index contributed by atoms with van der Waals surface area (Å²) in [5.74, 6) is 2.06. The number of Topliss-reactive ketones (excluding diaryl/α,β-unsaturated/α-hetero) is 1. The number of ketones is 1. The summed E-state index contributed by atoms with van der Waals surface area (Å²) in [4.78, 5) is 12.5. The second-order valence-electron chi connectivity index (χ2n) is 5.04. The topological polar surface area (TPSA) is 35.5 Å². The minimum absolute atomic E-state index is 0.0871. The molecule has 0 heterocycles. The molecule has 19 heavy (non-hydrogen) atoms. The Balaban J connectivity index is 2.28. The Kier molecular flexibility index (Phi) is 4.25. The summed E-state index contributed by atoms with van der Waals surface area (Å²) < 4.78 is 10.4. The largest absolute Gasteiger partial charge is 0.497 e. The zero-order valence-corrected chi connectivity index (χ0v) is 11.7. The highest BCUT2D eigenvalue weighted by molar-refractivity contribution is 6.09. The minimum Gasteiger partial charge on any atom is -0.497 e. The molecule has 3 heteroatoms. The van der Waals surface area contributed by atoms with Gasteiger partial charge in [-0.2, -0.15) is 0 Å². The lowest BCUT2D eigenvalue weighted by atomic mass is 9.87. The first-order valence-electron chi connectivity index (χ1n) is 6.61. The Morgan fingerprint density at radius 1 is 1.16 bits per heavy atom. The molecule has 0 radical (unpaired) electrons. The Labute approximate surface area is 114 Å². The number of allylic oxidation sites excluding steroid dienone is 2. The van der Waals surface area contributed by atoms with Gasteiger partial charge in [-0.05, 0) is 42.9 Å². The molecule has 0 aliphatic heterocycles. The molecule has 0 amide bonds. The van der Waals surface area contributed by atoms with E-state index in [0.29, 0.717) is 23.0 Å². The van der Waals surface area contributed by atoms with Gasteiger partial charge in [0, 0.05) is 11.6 Å². The van der Waals surface area contributed by atoms with Crippen molar-refractivity contribution in [3.05, 3.63) is 35.4 Å². The summed E-state index contributed by atoms with van der Waals surface area (Å²) in [5.41, 5.74) is 1.55. The van der Waals surface area contributed by atoms with E-state index in [2.05, 4.69) is 13.0 Å². The molecule has 1 aromatic carbocycles. The molecule has 0 fully saturated rings. The van der Waals surface area contributed by atoms with Crippen LogP contribution in [0.5, 0.6) is 11.5 Å². The van der Waals surface area contributed by atoms with E-state index in [4.69, 9.17) is 9.47 Å². The standard InChI is InChI=1S/C16H20O3/c1-11-4-6-12(7-5-11)16(17)13-8-14(18-2)10-15(9-13)19-3/h6,8-11H,4-5,7H2,1-3H3. The van der Waals surface area contributed by atoms with Crippen LogP contribution < -0.4 is 9.47 Å². The number of hydrogen-bond donors (Lipinski definition) is 0. The lowest BCUT2D eigenvalue weighted by Crippen LogP contribution is -2.10. The van der Waals surface area contributed by atoms with E-state index in [1.807, 2.05) is 0 Å². The first-order chi connectivity index (χ1) is 9.13. The summed E-state index contributed by atoms with van der Waals surface area (Å²) in [7, 11) is 3.18. The molecule has 0 bridgehead atoms. The molecule has 0 aromatic heterocycles. The number of carbonyl (C=O) groups excluding carboxylic acids is 1. The molecule has 1 atom stereocenters. The zero-order chi connectivity index (χ0) is 13.8. The Morgan fingerprint density at radius 2 is 1.79 bits per heavy atom. The van der Waals surface area contributed by atoms with Gasteiger partial charge in [-0.15, -0.1) is 0 Å². The van der Waals surface area contributed by atoms with Crippen molar-refractivity contribution in [1.82, 2.24) is 0 Å². The molecule has 0 saturated carbocycles. The third-order valence-electron chi connectivity index (χ3n) is 3.58. The van der Waals surface area contributed by atoms with Crippen molar-refractivity contribution in [2.75, 3.05) is 14.2 Å². The second-order valence-corrected chi connectivity index (χ2v) is 5.04. The normalized spacial score (nSPS) is 18.7. The fourth-order valence-corrected chi connectivity index (χ4v) is 2.30. The average Bonchev–Trinajstić information content (AvgIpc) is 2.46. The third kappa shape index (κ3) is 3.16. The highest BCUT2D eigenvalue weighted by Gasteiger charge is 2.18. The molecule has 0 N–H and O–H groups in total. The van der Waals surface area contributed by atoms with E-state index < -0.39 is 0 Å². The number of methoxy groups -OCH3 is 2. The van der Waals surface area contributed by atoms with Crippen LogP contribution in [0, 0.1) is 5.92 Å². The molecule has 2 rings (SSSR count). The molecule has 1 unspecified atom stereocenters. The monoisotopic (exact) mass is 260 g/mol. The summed E-state index contributed by atoms with van der Waals surface area (Å²) in [6, 6.07) is 5.31. The van der Waals surface area contributed by atoms with Crippen molar-refractivity contribution in [2.45, 2.75) is 26.2 Å². The van der Waals surface area contributed by atoms with E-state index in [0.717, 1.165) is 24.8 Å². The highest BCUT2D eigenvalue weighted by atomic mass is 16.5. The first-order valence-corrected chi connectivity index (χ1v) is 6.61. The predicted molar refractivity (Wildman–Crippen MR) is 75.0 cm³/mol. The number of ether oxygens (including phenoxy) is 2. The van der Waals surface area contributed by atoms with Gasteiger partial charge in [-0.3, -0.25) is 4.79 Å². The van der Waals surface area contributed by atoms with Crippen LogP contribution in [0.3, 0.4) is 0 Å². The first kappa shape index (κ1) is 13.7. The van der Waals surface area contributed by atoms with Gasteiger partial charge in [-0.25, -0.2) is 0 Å². The van der Waals surface area contributed by atoms with Gasteiger partial charge in [0.1, 0.15) is 11.5 Å². The number of benzene rings is 1. The maximum absolute atomic E-state index is 12.5. The van der Waals surface area contributed by atoms with Gasteiger partial charge in [0.15, 0.2) is 5.78 Å². The number of hydrogen-bond acceptors (Lipinski definition) is 3. The fourth-order valence-electron chi connectivity index (χ4n) is 2.30. The molecule has 1 aliphatic rings. The van der Waals surface area contributed by atoms with Crippen molar-refractivity contribution < 1.29 is 14.3 Å². The molecule has 1 aromatic rings. The van der Waals surface area contributed by atoms with Crippen LogP contribution in [0.1, 0.15) is 36.5 Å².